The number of rotatable bonds is 13. The average molecular weight is 450 g/mol. The SMILES string of the molecule is COCCOCCOCc1cc(=O)oc2cc(C(=O)NC(=O)CC[C@H](N)C(=O)O)ccc12. The highest BCUT2D eigenvalue weighted by Crippen LogP contribution is 2.19. The number of benzene rings is 1. The molecule has 1 aromatic carbocycles. The van der Waals surface area contributed by atoms with Crippen LogP contribution in [0, 0.1) is 0 Å². The summed E-state index contributed by atoms with van der Waals surface area (Å²) in [4.78, 5) is 46.8. The molecule has 2 amide bonds. The van der Waals surface area contributed by atoms with Crippen LogP contribution in [0.5, 0.6) is 0 Å². The summed E-state index contributed by atoms with van der Waals surface area (Å²) >= 11 is 0. The lowest BCUT2D eigenvalue weighted by Gasteiger charge is -2.09. The molecule has 0 aliphatic heterocycles. The number of carbonyl (C=O) groups is 3. The number of carbonyl (C=O) groups excluding carboxylic acids is 2. The van der Waals surface area contributed by atoms with Crippen molar-refractivity contribution in [3.63, 3.8) is 0 Å². The number of fused-ring (bicyclic) bond motifs is 1. The summed E-state index contributed by atoms with van der Waals surface area (Å²) in [6.45, 7) is 1.78. The van der Waals surface area contributed by atoms with E-state index in [1.165, 1.54) is 18.2 Å². The molecule has 4 N–H and O–H groups in total. The van der Waals surface area contributed by atoms with Crippen molar-refractivity contribution in [2.24, 2.45) is 5.73 Å². The zero-order valence-corrected chi connectivity index (χ0v) is 17.6. The number of carboxylic acid groups (broad SMARTS) is 1. The summed E-state index contributed by atoms with van der Waals surface area (Å²) in [5, 5.41) is 11.5. The van der Waals surface area contributed by atoms with E-state index in [0.29, 0.717) is 37.4 Å². The molecule has 0 aliphatic carbocycles. The highest BCUT2D eigenvalue weighted by atomic mass is 16.5. The molecule has 174 valence electrons. The maximum Gasteiger partial charge on any atom is 0.336 e. The Labute approximate surface area is 183 Å². The van der Waals surface area contributed by atoms with Crippen molar-refractivity contribution in [3.05, 3.63) is 45.8 Å². The van der Waals surface area contributed by atoms with Gasteiger partial charge in [-0.05, 0) is 24.1 Å². The lowest BCUT2D eigenvalue weighted by molar-refractivity contribution is -0.138. The van der Waals surface area contributed by atoms with Crippen molar-refractivity contribution >= 4 is 28.8 Å². The van der Waals surface area contributed by atoms with Crippen LogP contribution in [0.1, 0.15) is 28.8 Å². The topological polar surface area (TPSA) is 167 Å². The van der Waals surface area contributed by atoms with Crippen LogP contribution < -0.4 is 16.7 Å². The Morgan fingerprint density at radius 2 is 1.84 bits per heavy atom. The molecule has 11 nitrogen and oxygen atoms in total. The quantitative estimate of drug-likeness (QED) is 0.287. The number of imide groups is 1. The zero-order valence-electron chi connectivity index (χ0n) is 17.6. The van der Waals surface area contributed by atoms with E-state index in [9.17, 15) is 19.2 Å². The van der Waals surface area contributed by atoms with Gasteiger partial charge in [-0.1, -0.05) is 6.07 Å². The number of methoxy groups -OCH3 is 1. The fourth-order valence-corrected chi connectivity index (χ4v) is 2.71. The van der Waals surface area contributed by atoms with Crippen LogP contribution in [-0.2, 0) is 30.4 Å². The van der Waals surface area contributed by atoms with E-state index >= 15 is 0 Å². The molecule has 0 fully saturated rings. The first-order valence-electron chi connectivity index (χ1n) is 9.85. The van der Waals surface area contributed by atoms with Crippen molar-refractivity contribution in [2.45, 2.75) is 25.5 Å². The fraction of sp³-hybridized carbons (Fsp3) is 0.429. The van der Waals surface area contributed by atoms with E-state index in [4.69, 9.17) is 29.5 Å². The van der Waals surface area contributed by atoms with Crippen LogP contribution in [0.15, 0.2) is 33.5 Å². The van der Waals surface area contributed by atoms with E-state index in [1.54, 1.807) is 13.2 Å². The number of ether oxygens (including phenoxy) is 3. The van der Waals surface area contributed by atoms with Gasteiger partial charge in [0, 0.05) is 30.5 Å². The number of nitrogens with one attached hydrogen (secondary N) is 1. The third-order valence-electron chi connectivity index (χ3n) is 4.41. The summed E-state index contributed by atoms with van der Waals surface area (Å²) in [7, 11) is 1.58. The van der Waals surface area contributed by atoms with Gasteiger partial charge in [0.15, 0.2) is 0 Å². The first-order valence-corrected chi connectivity index (χ1v) is 9.85. The minimum Gasteiger partial charge on any atom is -0.480 e. The molecule has 1 atom stereocenters. The Morgan fingerprint density at radius 1 is 1.12 bits per heavy atom. The van der Waals surface area contributed by atoms with E-state index in [1.807, 2.05) is 0 Å². The van der Waals surface area contributed by atoms with Crippen LogP contribution in [0.2, 0.25) is 0 Å². The summed E-state index contributed by atoms with van der Waals surface area (Å²) in [5.41, 5.74) is 5.58. The van der Waals surface area contributed by atoms with Crippen LogP contribution in [0.3, 0.4) is 0 Å². The Kier molecular flexibility index (Phi) is 9.95. The van der Waals surface area contributed by atoms with Gasteiger partial charge in [-0.15, -0.1) is 0 Å². The Bertz CT molecular complexity index is 1000. The Morgan fingerprint density at radius 3 is 2.56 bits per heavy atom. The monoisotopic (exact) mass is 450 g/mol. The van der Waals surface area contributed by atoms with Gasteiger partial charge in [0.25, 0.3) is 5.91 Å². The molecule has 0 saturated heterocycles. The van der Waals surface area contributed by atoms with Gasteiger partial charge in [0.05, 0.1) is 33.0 Å². The third-order valence-corrected chi connectivity index (χ3v) is 4.41. The predicted molar refractivity (Wildman–Crippen MR) is 112 cm³/mol. The number of nitrogens with two attached hydrogens (primary N) is 1. The van der Waals surface area contributed by atoms with Gasteiger partial charge >= 0.3 is 11.6 Å². The van der Waals surface area contributed by atoms with Gasteiger partial charge in [0.1, 0.15) is 11.6 Å². The van der Waals surface area contributed by atoms with Gasteiger partial charge in [0.2, 0.25) is 5.91 Å². The molecule has 32 heavy (non-hydrogen) atoms. The molecule has 0 spiro atoms. The molecule has 0 radical (unpaired) electrons. The normalized spacial score (nSPS) is 11.9. The zero-order chi connectivity index (χ0) is 23.5. The smallest absolute Gasteiger partial charge is 0.336 e. The van der Waals surface area contributed by atoms with E-state index < -0.39 is 29.5 Å². The number of aliphatic carboxylic acids is 1. The van der Waals surface area contributed by atoms with Crippen molar-refractivity contribution in [1.82, 2.24) is 5.32 Å². The minimum absolute atomic E-state index is 0.0983. The van der Waals surface area contributed by atoms with E-state index in [-0.39, 0.29) is 30.6 Å². The summed E-state index contributed by atoms with van der Waals surface area (Å²) in [5.74, 6) is -2.60. The summed E-state index contributed by atoms with van der Waals surface area (Å²) in [6.07, 6.45) is -0.333. The van der Waals surface area contributed by atoms with Gasteiger partial charge in [-0.3, -0.25) is 19.7 Å². The molecule has 2 rings (SSSR count). The number of hydrogen-bond acceptors (Lipinski definition) is 9. The predicted octanol–water partition coefficient (Wildman–Crippen LogP) is 0.421. The number of hydrogen-bond donors (Lipinski definition) is 3. The highest BCUT2D eigenvalue weighted by Gasteiger charge is 2.17. The van der Waals surface area contributed by atoms with Crippen molar-refractivity contribution in [1.29, 1.82) is 0 Å². The molecule has 1 aromatic heterocycles. The summed E-state index contributed by atoms with van der Waals surface area (Å²) < 4.78 is 20.9. The van der Waals surface area contributed by atoms with Gasteiger partial charge < -0.3 is 29.5 Å². The second-order valence-corrected chi connectivity index (χ2v) is 6.82. The number of carboxylic acids is 1. The lowest BCUT2D eigenvalue weighted by Crippen LogP contribution is -2.34. The van der Waals surface area contributed by atoms with Crippen LogP contribution in [0.25, 0.3) is 11.0 Å². The Hall–Kier alpha value is -3.12. The minimum atomic E-state index is -1.23. The fourth-order valence-electron chi connectivity index (χ4n) is 2.71. The van der Waals surface area contributed by atoms with Crippen LogP contribution in [0.4, 0.5) is 0 Å². The second kappa shape index (κ2) is 12.7. The van der Waals surface area contributed by atoms with Gasteiger partial charge in [-0.2, -0.15) is 0 Å². The lowest BCUT2D eigenvalue weighted by atomic mass is 10.1. The molecule has 11 heteroatoms. The maximum atomic E-state index is 12.3. The molecule has 2 aromatic rings. The molecular formula is C21H26N2O9. The average Bonchev–Trinajstić information content (AvgIpc) is 2.75. The first kappa shape index (κ1) is 25.1. The van der Waals surface area contributed by atoms with Crippen LogP contribution in [-0.4, -0.2) is 62.5 Å². The number of amides is 2. The molecule has 1 heterocycles. The molecule has 0 bridgehead atoms. The summed E-state index contributed by atoms with van der Waals surface area (Å²) in [6, 6.07) is 4.53. The van der Waals surface area contributed by atoms with Crippen molar-refractivity contribution < 1.29 is 38.1 Å². The maximum absolute atomic E-state index is 12.3. The van der Waals surface area contributed by atoms with Crippen molar-refractivity contribution in [3.8, 4) is 0 Å². The molecule has 0 unspecified atom stereocenters. The molecule has 0 saturated carbocycles. The molecular weight excluding hydrogens is 424 g/mol. The molecule has 0 aliphatic rings. The van der Waals surface area contributed by atoms with Crippen molar-refractivity contribution in [2.75, 3.05) is 33.5 Å². The van der Waals surface area contributed by atoms with Crippen LogP contribution >= 0.6 is 0 Å². The van der Waals surface area contributed by atoms with E-state index in [2.05, 4.69) is 5.32 Å². The van der Waals surface area contributed by atoms with Gasteiger partial charge in [-0.25, -0.2) is 4.79 Å². The first-order chi connectivity index (χ1) is 15.3. The Balaban J connectivity index is 1.99. The highest BCUT2D eigenvalue weighted by molar-refractivity contribution is 6.06. The third kappa shape index (κ3) is 7.85. The second-order valence-electron chi connectivity index (χ2n) is 6.82. The standard InChI is InChI=1S/C21H26N2O9/c1-29-6-7-30-8-9-31-12-14-11-19(25)32-17-10-13(2-3-15(14)17)20(26)23-18(24)5-4-16(22)21(27)28/h2-3,10-11,16H,4-9,12,22H2,1H3,(H,27,28)(H,23,24,26)/t16-/m0/s1. The largest absolute Gasteiger partial charge is 0.480 e. The van der Waals surface area contributed by atoms with E-state index in [0.717, 1.165) is 0 Å².